The number of pyridine rings is 1. The molecule has 6 nitrogen and oxygen atoms in total. The average Bonchev–Trinajstić information content (AvgIpc) is 3.23. The fourth-order valence-electron chi connectivity index (χ4n) is 3.62. The van der Waals surface area contributed by atoms with Gasteiger partial charge in [0.15, 0.2) is 0 Å². The van der Waals surface area contributed by atoms with Gasteiger partial charge in [0.1, 0.15) is 30.5 Å². The molecule has 164 valence electrons. The van der Waals surface area contributed by atoms with Gasteiger partial charge < -0.3 is 25.2 Å². The molecule has 1 saturated heterocycles. The Labute approximate surface area is 187 Å². The van der Waals surface area contributed by atoms with E-state index in [1.54, 1.807) is 24.3 Å². The monoisotopic (exact) mass is 465 g/mol. The van der Waals surface area contributed by atoms with Gasteiger partial charge >= 0.3 is 0 Å². The van der Waals surface area contributed by atoms with E-state index in [0.717, 1.165) is 20.9 Å². The molecule has 4 unspecified atom stereocenters. The minimum Gasteiger partial charge on any atom is -0.394 e. The normalized spacial score (nSPS) is 26.2. The van der Waals surface area contributed by atoms with Crippen molar-refractivity contribution in [1.82, 2.24) is 4.98 Å². The zero-order valence-electron chi connectivity index (χ0n) is 16.2. The van der Waals surface area contributed by atoms with Gasteiger partial charge in [0.05, 0.1) is 6.61 Å². The molecule has 31 heavy (non-hydrogen) atoms. The summed E-state index contributed by atoms with van der Waals surface area (Å²) < 4.78 is 18.7. The van der Waals surface area contributed by atoms with Crippen molar-refractivity contribution < 1.29 is 29.6 Å². The molecular formula is C22H21ClFNO5S. The molecule has 5 atom stereocenters. The Morgan fingerprint density at radius 2 is 1.84 bits per heavy atom. The number of hydrogen-bond donors (Lipinski definition) is 4. The lowest BCUT2D eigenvalue weighted by molar-refractivity contribution is -0.231. The molecule has 4 rings (SSSR count). The van der Waals surface area contributed by atoms with Crippen molar-refractivity contribution in [2.24, 2.45) is 0 Å². The number of hydrogen-bond acceptors (Lipinski definition) is 7. The fourth-order valence-corrected chi connectivity index (χ4v) is 4.83. The highest BCUT2D eigenvalue weighted by Gasteiger charge is 2.44. The second kappa shape index (κ2) is 9.30. The lowest BCUT2D eigenvalue weighted by Gasteiger charge is -2.40. The van der Waals surface area contributed by atoms with E-state index in [0.29, 0.717) is 17.0 Å². The minimum atomic E-state index is -1.45. The third kappa shape index (κ3) is 4.65. The SMILES string of the molecule is OCC1OC(c2ccc(Cl)c(Cc3ccc(-c4ccc(F)nc4)s3)c2)[C@H](O)C(O)C1O. The number of nitrogens with zero attached hydrogens (tertiary/aromatic N) is 1. The molecule has 3 heterocycles. The summed E-state index contributed by atoms with van der Waals surface area (Å²) in [6.45, 7) is -0.488. The Kier molecular flexibility index (Phi) is 6.68. The standard InChI is InChI=1S/C22H21ClFNO5S/c23-15-4-1-11(22-21(29)20(28)19(27)16(10-26)30-22)7-13(15)8-14-3-5-17(31-14)12-2-6-18(24)25-9-12/h1-7,9,16,19-22,26-29H,8,10H2/t16?,19?,20?,21-,22?/m1/s1. The highest BCUT2D eigenvalue weighted by molar-refractivity contribution is 7.15. The summed E-state index contributed by atoms with van der Waals surface area (Å²) >= 11 is 7.92. The van der Waals surface area contributed by atoms with Crippen LogP contribution < -0.4 is 0 Å². The first-order valence-corrected chi connectivity index (χ1v) is 10.9. The number of rotatable bonds is 5. The van der Waals surface area contributed by atoms with E-state index < -0.39 is 43.1 Å². The van der Waals surface area contributed by atoms with Crippen molar-refractivity contribution in [3.63, 3.8) is 0 Å². The number of halogens is 2. The molecule has 1 fully saturated rings. The molecule has 1 aromatic carbocycles. The molecular weight excluding hydrogens is 445 g/mol. The summed E-state index contributed by atoms with van der Waals surface area (Å²) in [4.78, 5) is 5.65. The van der Waals surface area contributed by atoms with E-state index in [9.17, 15) is 24.8 Å². The summed E-state index contributed by atoms with van der Waals surface area (Å²) in [6.07, 6.45) is -4.11. The average molecular weight is 466 g/mol. The highest BCUT2D eigenvalue weighted by atomic mass is 35.5. The van der Waals surface area contributed by atoms with Gasteiger partial charge in [0.25, 0.3) is 0 Å². The molecule has 0 amide bonds. The Morgan fingerprint density at radius 1 is 1.03 bits per heavy atom. The van der Waals surface area contributed by atoms with E-state index in [1.807, 2.05) is 12.1 Å². The predicted molar refractivity (Wildman–Crippen MR) is 114 cm³/mol. The molecule has 0 radical (unpaired) electrons. The summed E-state index contributed by atoms with van der Waals surface area (Å²) in [5.41, 5.74) is 2.19. The Morgan fingerprint density at radius 3 is 2.55 bits per heavy atom. The summed E-state index contributed by atoms with van der Waals surface area (Å²) in [5.74, 6) is -0.530. The van der Waals surface area contributed by atoms with Gasteiger partial charge in [-0.25, -0.2) is 4.98 Å². The van der Waals surface area contributed by atoms with Crippen molar-refractivity contribution in [1.29, 1.82) is 0 Å². The molecule has 1 aliphatic heterocycles. The molecule has 2 aromatic heterocycles. The van der Waals surface area contributed by atoms with Gasteiger partial charge in [-0.05, 0) is 41.5 Å². The Balaban J connectivity index is 1.57. The fraction of sp³-hybridized carbons (Fsp3) is 0.318. The quantitative estimate of drug-likeness (QED) is 0.432. The van der Waals surface area contributed by atoms with Crippen LogP contribution in [0.3, 0.4) is 0 Å². The smallest absolute Gasteiger partial charge is 0.212 e. The summed E-state index contributed by atoms with van der Waals surface area (Å²) in [6, 6.07) is 12.0. The van der Waals surface area contributed by atoms with Crippen molar-refractivity contribution in [2.45, 2.75) is 36.9 Å². The van der Waals surface area contributed by atoms with Crippen LogP contribution in [0, 0.1) is 5.95 Å². The predicted octanol–water partition coefficient (Wildman–Crippen LogP) is 2.71. The molecule has 3 aromatic rings. The molecule has 9 heteroatoms. The van der Waals surface area contributed by atoms with E-state index >= 15 is 0 Å². The van der Waals surface area contributed by atoms with E-state index in [2.05, 4.69) is 4.98 Å². The van der Waals surface area contributed by atoms with Crippen molar-refractivity contribution >= 4 is 22.9 Å². The highest BCUT2D eigenvalue weighted by Crippen LogP contribution is 2.35. The minimum absolute atomic E-state index is 0.488. The number of thiophene rings is 1. The number of aliphatic hydroxyl groups excluding tert-OH is 4. The Hall–Kier alpha value is -1.91. The molecule has 0 spiro atoms. The summed E-state index contributed by atoms with van der Waals surface area (Å²) in [5, 5.41) is 40.4. The molecule has 1 aliphatic rings. The number of benzene rings is 1. The second-order valence-electron chi connectivity index (χ2n) is 7.41. The van der Waals surface area contributed by atoms with Gasteiger partial charge in [-0.2, -0.15) is 4.39 Å². The second-order valence-corrected chi connectivity index (χ2v) is 8.99. The summed E-state index contributed by atoms with van der Waals surface area (Å²) in [7, 11) is 0. The van der Waals surface area contributed by atoms with Crippen LogP contribution in [0.1, 0.15) is 22.1 Å². The number of aliphatic hydroxyl groups is 4. The van der Waals surface area contributed by atoms with E-state index in [1.165, 1.54) is 23.6 Å². The zero-order valence-corrected chi connectivity index (χ0v) is 17.8. The van der Waals surface area contributed by atoms with Crippen LogP contribution in [0.2, 0.25) is 5.02 Å². The van der Waals surface area contributed by atoms with Gasteiger partial charge in [-0.15, -0.1) is 11.3 Å². The van der Waals surface area contributed by atoms with Gasteiger partial charge in [0, 0.05) is 33.0 Å². The van der Waals surface area contributed by atoms with Gasteiger partial charge in [0.2, 0.25) is 5.95 Å². The van der Waals surface area contributed by atoms with Crippen LogP contribution in [0.4, 0.5) is 4.39 Å². The topological polar surface area (TPSA) is 103 Å². The van der Waals surface area contributed by atoms with Crippen LogP contribution in [-0.4, -0.2) is 56.4 Å². The Bertz CT molecular complexity index is 1040. The zero-order chi connectivity index (χ0) is 22.1. The first-order chi connectivity index (χ1) is 14.9. The maximum absolute atomic E-state index is 13.1. The number of ether oxygens (including phenoxy) is 1. The first kappa shape index (κ1) is 22.3. The van der Waals surface area contributed by atoms with Crippen LogP contribution in [0.15, 0.2) is 48.7 Å². The maximum atomic E-state index is 13.1. The third-order valence-corrected chi connectivity index (χ3v) is 6.83. The third-order valence-electron chi connectivity index (χ3n) is 5.33. The maximum Gasteiger partial charge on any atom is 0.212 e. The van der Waals surface area contributed by atoms with Crippen LogP contribution in [-0.2, 0) is 11.2 Å². The van der Waals surface area contributed by atoms with Crippen LogP contribution in [0.25, 0.3) is 10.4 Å². The molecule has 0 saturated carbocycles. The van der Waals surface area contributed by atoms with Crippen molar-refractivity contribution in [3.8, 4) is 10.4 Å². The van der Waals surface area contributed by atoms with Crippen molar-refractivity contribution in [3.05, 3.63) is 75.6 Å². The van der Waals surface area contributed by atoms with E-state index in [-0.39, 0.29) is 0 Å². The molecule has 0 aliphatic carbocycles. The molecule has 4 N–H and O–H groups in total. The lowest BCUT2D eigenvalue weighted by atomic mass is 9.90. The van der Waals surface area contributed by atoms with Gasteiger partial charge in [-0.3, -0.25) is 0 Å². The van der Waals surface area contributed by atoms with Gasteiger partial charge in [-0.1, -0.05) is 23.7 Å². The van der Waals surface area contributed by atoms with E-state index in [4.69, 9.17) is 16.3 Å². The van der Waals surface area contributed by atoms with Crippen LogP contribution >= 0.6 is 22.9 Å². The number of aromatic nitrogens is 1. The molecule has 0 bridgehead atoms. The van der Waals surface area contributed by atoms with Crippen molar-refractivity contribution in [2.75, 3.05) is 6.61 Å². The largest absolute Gasteiger partial charge is 0.394 e. The lowest BCUT2D eigenvalue weighted by Crippen LogP contribution is -2.55. The first-order valence-electron chi connectivity index (χ1n) is 9.67. The van der Waals surface area contributed by atoms with Crippen LogP contribution in [0.5, 0.6) is 0 Å².